The normalized spacial score (nSPS) is 11.8. The van der Waals surface area contributed by atoms with E-state index in [0.717, 1.165) is 58.5 Å². The zero-order chi connectivity index (χ0) is 12.8. The Labute approximate surface area is 106 Å². The van der Waals surface area contributed by atoms with Crippen molar-refractivity contribution in [3.05, 3.63) is 12.2 Å². The molecule has 0 atom stereocenters. The summed E-state index contributed by atoms with van der Waals surface area (Å²) in [6.07, 6.45) is 10.1. The number of nitrogens with zero attached hydrogens (tertiary/aromatic N) is 1. The molecule has 0 unspecified atom stereocenters. The highest BCUT2D eigenvalue weighted by molar-refractivity contribution is 4.81. The molecule has 0 heterocycles. The number of rotatable bonds is 12. The largest absolute Gasteiger partial charge is 0.330 e. The van der Waals surface area contributed by atoms with E-state index < -0.39 is 0 Å². The lowest BCUT2D eigenvalue weighted by Gasteiger charge is -2.20. The first kappa shape index (κ1) is 16.6. The Hall–Kier alpha value is -0.420. The van der Waals surface area contributed by atoms with Crippen LogP contribution < -0.4 is 17.2 Å². The number of unbranched alkanes of at least 4 members (excludes halogenated alkanes) is 2. The summed E-state index contributed by atoms with van der Waals surface area (Å²) in [5, 5.41) is 0. The Morgan fingerprint density at radius 1 is 0.647 bits per heavy atom. The Bertz CT molecular complexity index is 171. The predicted molar refractivity (Wildman–Crippen MR) is 75.8 cm³/mol. The first-order chi connectivity index (χ1) is 8.35. The monoisotopic (exact) mass is 242 g/mol. The SMILES string of the molecule is NCCC=CCCCCN(CCN)CCCN. The molecule has 0 aliphatic heterocycles. The number of nitrogens with two attached hydrogens (primary N) is 3. The number of allylic oxidation sites excluding steroid dienone is 1. The van der Waals surface area contributed by atoms with Gasteiger partial charge in [0.05, 0.1) is 0 Å². The minimum Gasteiger partial charge on any atom is -0.330 e. The zero-order valence-corrected chi connectivity index (χ0v) is 11.1. The maximum absolute atomic E-state index is 5.59. The molecule has 0 aromatic heterocycles. The fraction of sp³-hybridized carbons (Fsp3) is 0.846. The van der Waals surface area contributed by atoms with Crippen molar-refractivity contribution in [3.8, 4) is 0 Å². The maximum Gasteiger partial charge on any atom is 0.0105 e. The molecule has 4 nitrogen and oxygen atoms in total. The predicted octanol–water partition coefficient (Wildman–Crippen LogP) is 0.671. The van der Waals surface area contributed by atoms with E-state index in [1.807, 2.05) is 0 Å². The molecular formula is C13H30N4. The van der Waals surface area contributed by atoms with E-state index in [1.54, 1.807) is 0 Å². The molecule has 0 fully saturated rings. The topological polar surface area (TPSA) is 81.3 Å². The summed E-state index contributed by atoms with van der Waals surface area (Å²) in [7, 11) is 0. The highest BCUT2D eigenvalue weighted by Crippen LogP contribution is 2.01. The van der Waals surface area contributed by atoms with Crippen molar-refractivity contribution in [3.63, 3.8) is 0 Å². The molecule has 0 rings (SSSR count). The summed E-state index contributed by atoms with van der Waals surface area (Å²) >= 11 is 0. The van der Waals surface area contributed by atoms with Crippen LogP contribution in [-0.2, 0) is 0 Å². The zero-order valence-electron chi connectivity index (χ0n) is 11.1. The average molecular weight is 242 g/mol. The van der Waals surface area contributed by atoms with Crippen LogP contribution in [0.15, 0.2) is 12.2 Å². The van der Waals surface area contributed by atoms with Gasteiger partial charge >= 0.3 is 0 Å². The van der Waals surface area contributed by atoms with E-state index in [1.165, 1.54) is 12.8 Å². The van der Waals surface area contributed by atoms with Gasteiger partial charge in [-0.25, -0.2) is 0 Å². The van der Waals surface area contributed by atoms with Crippen LogP contribution in [0, 0.1) is 0 Å². The molecular weight excluding hydrogens is 212 g/mol. The van der Waals surface area contributed by atoms with Gasteiger partial charge in [-0.3, -0.25) is 0 Å². The van der Waals surface area contributed by atoms with Crippen molar-refractivity contribution >= 4 is 0 Å². The summed E-state index contributed by atoms with van der Waals surface area (Å²) in [5.74, 6) is 0. The van der Waals surface area contributed by atoms with Crippen LogP contribution in [0.5, 0.6) is 0 Å². The van der Waals surface area contributed by atoms with Crippen molar-refractivity contribution in [1.82, 2.24) is 4.90 Å². The van der Waals surface area contributed by atoms with Gasteiger partial charge in [-0.15, -0.1) is 0 Å². The van der Waals surface area contributed by atoms with Gasteiger partial charge in [0.15, 0.2) is 0 Å². The lowest BCUT2D eigenvalue weighted by atomic mass is 10.2. The van der Waals surface area contributed by atoms with E-state index in [0.29, 0.717) is 0 Å². The molecule has 0 saturated carbocycles. The van der Waals surface area contributed by atoms with E-state index in [9.17, 15) is 0 Å². The molecule has 4 heteroatoms. The lowest BCUT2D eigenvalue weighted by Crippen LogP contribution is -2.32. The third kappa shape index (κ3) is 11.8. The van der Waals surface area contributed by atoms with Crippen LogP contribution >= 0.6 is 0 Å². The first-order valence-corrected chi connectivity index (χ1v) is 6.82. The van der Waals surface area contributed by atoms with E-state index in [-0.39, 0.29) is 0 Å². The van der Waals surface area contributed by atoms with Crippen LogP contribution in [0.4, 0.5) is 0 Å². The number of hydrogen-bond donors (Lipinski definition) is 3. The van der Waals surface area contributed by atoms with Crippen molar-refractivity contribution < 1.29 is 0 Å². The van der Waals surface area contributed by atoms with Crippen molar-refractivity contribution in [1.29, 1.82) is 0 Å². The summed E-state index contributed by atoms with van der Waals surface area (Å²) in [5.41, 5.74) is 16.5. The van der Waals surface area contributed by atoms with Gasteiger partial charge in [0.1, 0.15) is 0 Å². The Kier molecular flexibility index (Phi) is 13.3. The third-order valence-corrected chi connectivity index (χ3v) is 2.72. The second-order valence-electron chi connectivity index (χ2n) is 4.32. The van der Waals surface area contributed by atoms with Crippen LogP contribution in [0.3, 0.4) is 0 Å². The summed E-state index contributed by atoms with van der Waals surface area (Å²) < 4.78 is 0. The van der Waals surface area contributed by atoms with Gasteiger partial charge in [0.2, 0.25) is 0 Å². The van der Waals surface area contributed by atoms with Crippen LogP contribution in [0.2, 0.25) is 0 Å². The second-order valence-corrected chi connectivity index (χ2v) is 4.32. The van der Waals surface area contributed by atoms with Crippen molar-refractivity contribution in [2.24, 2.45) is 17.2 Å². The van der Waals surface area contributed by atoms with Crippen LogP contribution in [0.25, 0.3) is 0 Å². The smallest absolute Gasteiger partial charge is 0.0105 e. The molecule has 17 heavy (non-hydrogen) atoms. The van der Waals surface area contributed by atoms with Crippen LogP contribution in [0.1, 0.15) is 32.1 Å². The molecule has 0 saturated heterocycles. The average Bonchev–Trinajstić information content (AvgIpc) is 2.34. The van der Waals surface area contributed by atoms with E-state index in [4.69, 9.17) is 17.2 Å². The molecule has 0 spiro atoms. The quantitative estimate of drug-likeness (QED) is 0.347. The molecule has 0 bridgehead atoms. The van der Waals surface area contributed by atoms with E-state index in [2.05, 4.69) is 17.1 Å². The van der Waals surface area contributed by atoms with Gasteiger partial charge in [-0.1, -0.05) is 12.2 Å². The van der Waals surface area contributed by atoms with Crippen molar-refractivity contribution in [2.45, 2.75) is 32.1 Å². The van der Waals surface area contributed by atoms with E-state index >= 15 is 0 Å². The Morgan fingerprint density at radius 2 is 1.35 bits per heavy atom. The molecule has 0 aliphatic carbocycles. The second kappa shape index (κ2) is 13.6. The minimum absolute atomic E-state index is 0.737. The third-order valence-electron chi connectivity index (χ3n) is 2.72. The van der Waals surface area contributed by atoms with Gasteiger partial charge in [-0.05, 0) is 58.3 Å². The van der Waals surface area contributed by atoms with Crippen LogP contribution in [-0.4, -0.2) is 44.2 Å². The highest BCUT2D eigenvalue weighted by Gasteiger charge is 2.01. The molecule has 0 aromatic carbocycles. The Balaban J connectivity index is 3.46. The lowest BCUT2D eigenvalue weighted by molar-refractivity contribution is 0.273. The summed E-state index contributed by atoms with van der Waals surface area (Å²) in [4.78, 5) is 2.41. The van der Waals surface area contributed by atoms with Crippen molar-refractivity contribution in [2.75, 3.05) is 39.3 Å². The standard InChI is InChI=1S/C13H30N4/c14-8-5-3-1-2-4-6-11-17(13-10-16)12-7-9-15/h1,3H,2,4-16H2. The van der Waals surface area contributed by atoms with Gasteiger partial charge in [0.25, 0.3) is 0 Å². The number of hydrogen-bond acceptors (Lipinski definition) is 4. The Morgan fingerprint density at radius 3 is 2.00 bits per heavy atom. The summed E-state index contributed by atoms with van der Waals surface area (Å²) in [6.45, 7) is 5.46. The molecule has 0 aromatic rings. The molecule has 6 N–H and O–H groups in total. The highest BCUT2D eigenvalue weighted by atomic mass is 15.1. The minimum atomic E-state index is 0.737. The molecule has 102 valence electrons. The fourth-order valence-corrected chi connectivity index (χ4v) is 1.76. The maximum atomic E-state index is 5.59. The molecule has 0 aliphatic rings. The molecule has 0 radical (unpaired) electrons. The van der Waals surface area contributed by atoms with Gasteiger partial charge in [0, 0.05) is 13.1 Å². The fourth-order valence-electron chi connectivity index (χ4n) is 1.76. The first-order valence-electron chi connectivity index (χ1n) is 6.82. The molecule has 0 amide bonds. The summed E-state index contributed by atoms with van der Waals surface area (Å²) in [6, 6.07) is 0. The van der Waals surface area contributed by atoms with Gasteiger partial charge < -0.3 is 22.1 Å². The van der Waals surface area contributed by atoms with Gasteiger partial charge in [-0.2, -0.15) is 0 Å².